The van der Waals surface area contributed by atoms with Crippen LogP contribution in [0, 0.1) is 5.92 Å². The third-order valence-electron chi connectivity index (χ3n) is 3.21. The van der Waals surface area contributed by atoms with Gasteiger partial charge in [0.25, 0.3) is 0 Å². The van der Waals surface area contributed by atoms with Gasteiger partial charge in [-0.1, -0.05) is 6.42 Å². The number of aromatic nitrogens is 2. The monoisotopic (exact) mass is 209 g/mol. The summed E-state index contributed by atoms with van der Waals surface area (Å²) in [5.74, 6) is 0.439. The molecule has 0 saturated heterocycles. The van der Waals surface area contributed by atoms with Gasteiger partial charge in [0, 0.05) is 32.4 Å². The van der Waals surface area contributed by atoms with Crippen LogP contribution in [-0.4, -0.2) is 27.5 Å². The largest absolute Gasteiger partial charge is 0.396 e. The Labute approximate surface area is 90.3 Å². The van der Waals surface area contributed by atoms with E-state index < -0.39 is 0 Å². The lowest BCUT2D eigenvalue weighted by atomic mass is 10.1. The lowest BCUT2D eigenvalue weighted by molar-refractivity contribution is 0.205. The summed E-state index contributed by atoms with van der Waals surface area (Å²) in [6.07, 6.45) is 5.51. The van der Waals surface area contributed by atoms with Gasteiger partial charge in [-0.2, -0.15) is 5.10 Å². The van der Waals surface area contributed by atoms with E-state index >= 15 is 0 Å². The number of aliphatic hydroxyl groups excluding tert-OH is 1. The fourth-order valence-electron chi connectivity index (χ4n) is 2.32. The minimum Gasteiger partial charge on any atom is -0.396 e. The van der Waals surface area contributed by atoms with Gasteiger partial charge in [0.2, 0.25) is 0 Å². The quantitative estimate of drug-likeness (QED) is 0.766. The fraction of sp³-hybridized carbons (Fsp3) is 0.727. The molecule has 1 aromatic rings. The molecule has 1 fully saturated rings. The zero-order valence-corrected chi connectivity index (χ0v) is 9.19. The molecule has 4 nitrogen and oxygen atoms in total. The van der Waals surface area contributed by atoms with Gasteiger partial charge < -0.3 is 10.4 Å². The van der Waals surface area contributed by atoms with Gasteiger partial charge in [0.15, 0.2) is 0 Å². The molecule has 2 unspecified atom stereocenters. The molecule has 0 aromatic carbocycles. The number of aryl methyl sites for hydroxylation is 1. The molecule has 0 aliphatic heterocycles. The first-order chi connectivity index (χ1) is 7.29. The molecule has 1 heterocycles. The topological polar surface area (TPSA) is 50.1 Å². The summed E-state index contributed by atoms with van der Waals surface area (Å²) in [5.41, 5.74) is 1.07. The van der Waals surface area contributed by atoms with E-state index in [0.29, 0.717) is 18.6 Å². The average Bonchev–Trinajstić information content (AvgIpc) is 2.83. The minimum atomic E-state index is 0.305. The van der Waals surface area contributed by atoms with Gasteiger partial charge in [0.05, 0.1) is 5.69 Å². The van der Waals surface area contributed by atoms with Crippen LogP contribution in [0.15, 0.2) is 12.3 Å². The highest BCUT2D eigenvalue weighted by atomic mass is 16.3. The van der Waals surface area contributed by atoms with Crippen molar-refractivity contribution in [3.8, 4) is 0 Å². The molecular weight excluding hydrogens is 190 g/mol. The van der Waals surface area contributed by atoms with Crippen molar-refractivity contribution < 1.29 is 5.11 Å². The zero-order valence-electron chi connectivity index (χ0n) is 9.19. The Morgan fingerprint density at radius 2 is 2.47 bits per heavy atom. The van der Waals surface area contributed by atoms with Gasteiger partial charge in [-0.3, -0.25) is 4.68 Å². The zero-order chi connectivity index (χ0) is 10.7. The van der Waals surface area contributed by atoms with Crippen LogP contribution in [-0.2, 0) is 13.6 Å². The summed E-state index contributed by atoms with van der Waals surface area (Å²) in [6.45, 7) is 1.11. The van der Waals surface area contributed by atoms with E-state index in [1.165, 1.54) is 12.8 Å². The summed E-state index contributed by atoms with van der Waals surface area (Å²) >= 11 is 0. The molecule has 1 aromatic heterocycles. The SMILES string of the molecule is Cn1ccc(CNC2CCCC2CO)n1. The Balaban J connectivity index is 1.82. The molecule has 1 aliphatic carbocycles. The summed E-state index contributed by atoms with van der Waals surface area (Å²) in [5, 5.41) is 17.0. The normalized spacial score (nSPS) is 26.0. The number of hydrogen-bond acceptors (Lipinski definition) is 3. The van der Waals surface area contributed by atoms with Gasteiger partial charge >= 0.3 is 0 Å². The Kier molecular flexibility index (Phi) is 3.38. The number of nitrogens with one attached hydrogen (secondary N) is 1. The van der Waals surface area contributed by atoms with E-state index in [4.69, 9.17) is 0 Å². The van der Waals surface area contributed by atoms with Crippen LogP contribution < -0.4 is 5.32 Å². The average molecular weight is 209 g/mol. The number of nitrogens with zero attached hydrogens (tertiary/aromatic N) is 2. The molecule has 0 radical (unpaired) electrons. The molecule has 0 amide bonds. The van der Waals surface area contributed by atoms with E-state index in [-0.39, 0.29) is 0 Å². The summed E-state index contributed by atoms with van der Waals surface area (Å²) in [6, 6.07) is 2.49. The molecule has 1 aliphatic rings. The first-order valence-corrected chi connectivity index (χ1v) is 5.62. The van der Waals surface area contributed by atoms with Crippen LogP contribution >= 0.6 is 0 Å². The predicted octanol–water partition coefficient (Wildman–Crippen LogP) is 0.671. The first kappa shape index (κ1) is 10.6. The number of rotatable bonds is 4. The van der Waals surface area contributed by atoms with E-state index in [2.05, 4.69) is 10.4 Å². The van der Waals surface area contributed by atoms with Crippen LogP contribution in [0.1, 0.15) is 25.0 Å². The molecule has 0 spiro atoms. The molecule has 2 N–H and O–H groups in total. The van der Waals surface area contributed by atoms with Crippen molar-refractivity contribution in [2.75, 3.05) is 6.61 Å². The van der Waals surface area contributed by atoms with Gasteiger partial charge in [-0.25, -0.2) is 0 Å². The maximum Gasteiger partial charge on any atom is 0.0762 e. The summed E-state index contributed by atoms with van der Waals surface area (Å²) < 4.78 is 1.81. The summed E-state index contributed by atoms with van der Waals surface area (Å²) in [4.78, 5) is 0. The molecular formula is C11H19N3O. The second-order valence-corrected chi connectivity index (χ2v) is 4.34. The fourth-order valence-corrected chi connectivity index (χ4v) is 2.32. The van der Waals surface area contributed by atoms with Crippen molar-refractivity contribution in [3.05, 3.63) is 18.0 Å². The molecule has 4 heteroatoms. The molecule has 0 bridgehead atoms. The molecule has 2 rings (SSSR count). The lowest BCUT2D eigenvalue weighted by Crippen LogP contribution is -2.33. The van der Waals surface area contributed by atoms with Crippen LogP contribution in [0.25, 0.3) is 0 Å². The molecule has 84 valence electrons. The standard InChI is InChI=1S/C11H19N3O/c1-14-6-5-10(13-14)7-12-11-4-2-3-9(11)8-15/h5-6,9,11-12,15H,2-4,7-8H2,1H3. The van der Waals surface area contributed by atoms with Gasteiger partial charge in [0.1, 0.15) is 0 Å². The van der Waals surface area contributed by atoms with Crippen LogP contribution in [0.2, 0.25) is 0 Å². The second kappa shape index (κ2) is 4.77. The Hall–Kier alpha value is -0.870. The molecule has 1 saturated carbocycles. The highest BCUT2D eigenvalue weighted by Crippen LogP contribution is 2.25. The first-order valence-electron chi connectivity index (χ1n) is 5.62. The molecule has 15 heavy (non-hydrogen) atoms. The molecule has 2 atom stereocenters. The van der Waals surface area contributed by atoms with Crippen molar-refractivity contribution >= 4 is 0 Å². The van der Waals surface area contributed by atoms with Gasteiger partial charge in [-0.05, 0) is 24.8 Å². The number of aliphatic hydroxyl groups is 1. The maximum absolute atomic E-state index is 9.18. The maximum atomic E-state index is 9.18. The highest BCUT2D eigenvalue weighted by Gasteiger charge is 2.25. The third kappa shape index (κ3) is 2.58. The second-order valence-electron chi connectivity index (χ2n) is 4.34. The van der Waals surface area contributed by atoms with Crippen molar-refractivity contribution in [1.82, 2.24) is 15.1 Å². The number of hydrogen-bond donors (Lipinski definition) is 2. The van der Waals surface area contributed by atoms with E-state index in [1.54, 1.807) is 0 Å². The lowest BCUT2D eigenvalue weighted by Gasteiger charge is -2.18. The Morgan fingerprint density at radius 1 is 1.60 bits per heavy atom. The summed E-state index contributed by atoms with van der Waals surface area (Å²) in [7, 11) is 1.93. The Morgan fingerprint density at radius 3 is 3.13 bits per heavy atom. The van der Waals surface area contributed by atoms with Crippen molar-refractivity contribution in [2.45, 2.75) is 31.8 Å². The van der Waals surface area contributed by atoms with Crippen LogP contribution in [0.3, 0.4) is 0 Å². The predicted molar refractivity (Wildman–Crippen MR) is 58.3 cm³/mol. The van der Waals surface area contributed by atoms with E-state index in [9.17, 15) is 5.11 Å². The highest BCUT2D eigenvalue weighted by molar-refractivity contribution is 4.99. The van der Waals surface area contributed by atoms with Gasteiger partial charge in [-0.15, -0.1) is 0 Å². The van der Waals surface area contributed by atoms with Crippen LogP contribution in [0.4, 0.5) is 0 Å². The smallest absolute Gasteiger partial charge is 0.0762 e. The van der Waals surface area contributed by atoms with E-state index in [0.717, 1.165) is 18.7 Å². The van der Waals surface area contributed by atoms with Crippen molar-refractivity contribution in [2.24, 2.45) is 13.0 Å². The Bertz CT molecular complexity index is 311. The van der Waals surface area contributed by atoms with Crippen molar-refractivity contribution in [1.29, 1.82) is 0 Å². The third-order valence-corrected chi connectivity index (χ3v) is 3.21. The van der Waals surface area contributed by atoms with E-state index in [1.807, 2.05) is 24.0 Å². The van der Waals surface area contributed by atoms with Crippen LogP contribution in [0.5, 0.6) is 0 Å². The minimum absolute atomic E-state index is 0.305. The van der Waals surface area contributed by atoms with Crippen molar-refractivity contribution in [3.63, 3.8) is 0 Å².